The first-order chi connectivity index (χ1) is 20.0. The molecule has 0 spiro atoms. The van der Waals surface area contributed by atoms with Gasteiger partial charge in [0.2, 0.25) is 0 Å². The third kappa shape index (κ3) is 4.63. The van der Waals surface area contributed by atoms with Crippen LogP contribution in [0.4, 0.5) is 16.0 Å². The van der Waals surface area contributed by atoms with Crippen LogP contribution in [0.15, 0.2) is 36.5 Å². The predicted octanol–water partition coefficient (Wildman–Crippen LogP) is 4.16. The summed E-state index contributed by atoms with van der Waals surface area (Å²) in [6.07, 6.45) is 8.78. The van der Waals surface area contributed by atoms with Crippen LogP contribution in [0.2, 0.25) is 0 Å². The number of fused-ring (bicyclic) bond motifs is 4. The van der Waals surface area contributed by atoms with Crippen molar-refractivity contribution >= 4 is 33.3 Å². The molecule has 41 heavy (non-hydrogen) atoms. The van der Waals surface area contributed by atoms with Crippen molar-refractivity contribution in [3.63, 3.8) is 0 Å². The first-order valence-electron chi connectivity index (χ1n) is 14.9. The fraction of sp³-hybridized carbons (Fsp3) is 0.484. The van der Waals surface area contributed by atoms with Gasteiger partial charge in [0, 0.05) is 48.7 Å². The average molecular weight is 555 g/mol. The summed E-state index contributed by atoms with van der Waals surface area (Å²) in [5.74, 6) is 0.475. The second kappa shape index (κ2) is 9.73. The molecule has 9 nitrogen and oxygen atoms in total. The highest BCUT2D eigenvalue weighted by Gasteiger charge is 2.45. The Morgan fingerprint density at radius 3 is 2.56 bits per heavy atom. The summed E-state index contributed by atoms with van der Waals surface area (Å²) in [6, 6.07) is 10.5. The van der Waals surface area contributed by atoms with E-state index in [4.69, 9.17) is 15.5 Å². The lowest BCUT2D eigenvalue weighted by Gasteiger charge is -2.34. The molecule has 1 aliphatic carbocycles. The van der Waals surface area contributed by atoms with Crippen molar-refractivity contribution in [2.45, 2.75) is 50.6 Å². The highest BCUT2D eigenvalue weighted by Crippen LogP contribution is 2.47. The van der Waals surface area contributed by atoms with E-state index in [1.54, 1.807) is 12.3 Å². The average Bonchev–Trinajstić information content (AvgIpc) is 3.38. The van der Waals surface area contributed by atoms with Crippen molar-refractivity contribution in [1.29, 1.82) is 0 Å². The van der Waals surface area contributed by atoms with Crippen LogP contribution in [0.5, 0.6) is 6.01 Å². The molecule has 2 atom stereocenters. The Morgan fingerprint density at radius 1 is 1.00 bits per heavy atom. The fourth-order valence-electron chi connectivity index (χ4n) is 7.02. The molecule has 1 aromatic carbocycles. The summed E-state index contributed by atoms with van der Waals surface area (Å²) in [5.41, 5.74) is 7.01. The SMILES string of the molecule is Nc1cc2ccccc2c(-c2ncc3c(N4C[C@H]5CC[C@@H](C4)N5)nc(OCC4(CN5CCCC5)CC4)nc3c2F)n1. The number of hydrogen-bond donors (Lipinski definition) is 2. The van der Waals surface area contributed by atoms with Gasteiger partial charge in [-0.2, -0.15) is 9.97 Å². The summed E-state index contributed by atoms with van der Waals surface area (Å²) in [5, 5.41) is 5.93. The van der Waals surface area contributed by atoms with Gasteiger partial charge < -0.3 is 25.6 Å². The zero-order valence-electron chi connectivity index (χ0n) is 23.2. The maximum absolute atomic E-state index is 16.5. The summed E-state index contributed by atoms with van der Waals surface area (Å²) in [4.78, 5) is 23.5. The molecule has 3 saturated heterocycles. The van der Waals surface area contributed by atoms with Crippen LogP contribution in [-0.2, 0) is 0 Å². The Bertz CT molecular complexity index is 1620. The number of ether oxygens (including phenoxy) is 1. The number of piperazine rings is 1. The molecular weight excluding hydrogens is 519 g/mol. The minimum absolute atomic E-state index is 0.129. The van der Waals surface area contributed by atoms with Crippen LogP contribution in [0.1, 0.15) is 38.5 Å². The largest absolute Gasteiger partial charge is 0.463 e. The van der Waals surface area contributed by atoms with Crippen LogP contribution in [0, 0.1) is 11.2 Å². The summed E-state index contributed by atoms with van der Waals surface area (Å²) < 4.78 is 22.9. The second-order valence-electron chi connectivity index (χ2n) is 12.4. The number of nitrogens with one attached hydrogen (secondary N) is 1. The Labute approximate surface area is 238 Å². The number of halogens is 1. The van der Waals surface area contributed by atoms with Crippen molar-refractivity contribution in [3.05, 3.63) is 42.3 Å². The van der Waals surface area contributed by atoms with Crippen molar-refractivity contribution in [1.82, 2.24) is 30.2 Å². The maximum atomic E-state index is 16.5. The van der Waals surface area contributed by atoms with Crippen LogP contribution in [0.3, 0.4) is 0 Å². The molecule has 3 aromatic heterocycles. The molecule has 3 N–H and O–H groups in total. The molecule has 4 aliphatic rings. The van der Waals surface area contributed by atoms with Crippen molar-refractivity contribution in [3.8, 4) is 17.4 Å². The third-order valence-electron chi connectivity index (χ3n) is 9.37. The van der Waals surface area contributed by atoms with E-state index in [1.165, 1.54) is 12.8 Å². The van der Waals surface area contributed by atoms with E-state index in [2.05, 4.69) is 30.1 Å². The lowest BCUT2D eigenvalue weighted by molar-refractivity contribution is 0.170. The minimum atomic E-state index is -0.532. The van der Waals surface area contributed by atoms with Crippen LogP contribution in [0.25, 0.3) is 33.1 Å². The number of pyridine rings is 2. The zero-order valence-corrected chi connectivity index (χ0v) is 23.2. The quantitative estimate of drug-likeness (QED) is 0.348. The molecule has 3 aliphatic heterocycles. The number of hydrogen-bond acceptors (Lipinski definition) is 9. The number of nitrogen functional groups attached to an aromatic ring is 1. The van der Waals surface area contributed by atoms with Gasteiger partial charge in [-0.3, -0.25) is 4.98 Å². The van der Waals surface area contributed by atoms with Gasteiger partial charge in [0.05, 0.1) is 12.0 Å². The lowest BCUT2D eigenvalue weighted by atomic mass is 10.1. The summed E-state index contributed by atoms with van der Waals surface area (Å²) in [7, 11) is 0. The summed E-state index contributed by atoms with van der Waals surface area (Å²) in [6.45, 7) is 5.54. The Kier molecular flexibility index (Phi) is 5.96. The Hall–Kier alpha value is -3.63. The van der Waals surface area contributed by atoms with Crippen LogP contribution < -0.4 is 20.7 Å². The van der Waals surface area contributed by atoms with Crippen molar-refractivity contribution in [2.24, 2.45) is 5.41 Å². The number of anilines is 2. The minimum Gasteiger partial charge on any atom is -0.463 e. The number of aromatic nitrogens is 4. The molecule has 10 heteroatoms. The van der Waals surface area contributed by atoms with Crippen molar-refractivity contribution < 1.29 is 9.13 Å². The first-order valence-corrected chi connectivity index (χ1v) is 14.9. The second-order valence-corrected chi connectivity index (χ2v) is 12.4. The molecule has 2 bridgehead atoms. The molecule has 1 saturated carbocycles. The number of nitrogens with two attached hydrogens (primary N) is 1. The van der Waals surface area contributed by atoms with Crippen LogP contribution in [-0.4, -0.2) is 76.3 Å². The number of nitrogens with zero attached hydrogens (tertiary/aromatic N) is 6. The molecule has 0 amide bonds. The standard InChI is InChI=1S/C31H35FN8O/c32-25-26-23(14-34-28(25)27-22-6-2-1-5-19(22)13-24(33)36-27)29(40-15-20-7-8-21(16-40)35-20)38-30(37-26)41-18-31(9-10-31)17-39-11-3-4-12-39/h1-2,5-6,13-14,20-21,35H,3-4,7-12,15-18H2,(H2,33,36)/t20-,21+. The van der Waals surface area contributed by atoms with E-state index in [9.17, 15) is 0 Å². The van der Waals surface area contributed by atoms with Gasteiger partial charge in [-0.15, -0.1) is 0 Å². The van der Waals surface area contributed by atoms with Crippen LogP contribution >= 0.6 is 0 Å². The Morgan fingerprint density at radius 2 is 1.78 bits per heavy atom. The molecule has 6 heterocycles. The molecule has 212 valence electrons. The molecule has 4 fully saturated rings. The highest BCUT2D eigenvalue weighted by atomic mass is 19.1. The number of benzene rings is 1. The fourth-order valence-corrected chi connectivity index (χ4v) is 7.02. The summed E-state index contributed by atoms with van der Waals surface area (Å²) >= 11 is 0. The Balaban J connectivity index is 1.20. The van der Waals surface area contributed by atoms with Gasteiger partial charge in [0.15, 0.2) is 5.82 Å². The zero-order chi connectivity index (χ0) is 27.6. The van der Waals surface area contributed by atoms with E-state index in [0.717, 1.165) is 69.2 Å². The molecular formula is C31H35FN8O. The van der Waals surface area contributed by atoms with Crippen molar-refractivity contribution in [2.75, 3.05) is 50.0 Å². The van der Waals surface area contributed by atoms with Gasteiger partial charge in [0.1, 0.15) is 28.5 Å². The monoisotopic (exact) mass is 554 g/mol. The van der Waals surface area contributed by atoms with E-state index >= 15 is 4.39 Å². The molecule has 0 unspecified atom stereocenters. The van der Waals surface area contributed by atoms with Gasteiger partial charge in [-0.25, -0.2) is 9.37 Å². The molecule has 0 radical (unpaired) electrons. The highest BCUT2D eigenvalue weighted by molar-refractivity contribution is 5.98. The van der Waals surface area contributed by atoms with E-state index in [-0.39, 0.29) is 22.6 Å². The van der Waals surface area contributed by atoms with Gasteiger partial charge in [0.25, 0.3) is 0 Å². The molecule has 4 aromatic rings. The number of likely N-dealkylation sites (tertiary alicyclic amines) is 1. The topological polar surface area (TPSA) is 105 Å². The first kappa shape index (κ1) is 25.1. The van der Waals surface area contributed by atoms with Gasteiger partial charge >= 0.3 is 6.01 Å². The van der Waals surface area contributed by atoms with E-state index in [1.807, 2.05) is 24.3 Å². The van der Waals surface area contributed by atoms with E-state index < -0.39 is 5.82 Å². The smallest absolute Gasteiger partial charge is 0.319 e. The normalized spacial score (nSPS) is 23.5. The molecule has 8 rings (SSSR count). The predicted molar refractivity (Wildman–Crippen MR) is 157 cm³/mol. The number of rotatable bonds is 7. The third-order valence-corrected chi connectivity index (χ3v) is 9.37. The van der Waals surface area contributed by atoms with Gasteiger partial charge in [-0.05, 0) is 63.1 Å². The lowest BCUT2D eigenvalue weighted by Crippen LogP contribution is -2.51. The van der Waals surface area contributed by atoms with Gasteiger partial charge in [-0.1, -0.05) is 24.3 Å². The maximum Gasteiger partial charge on any atom is 0.319 e. The van der Waals surface area contributed by atoms with E-state index in [0.29, 0.717) is 41.4 Å².